The number of nitrogens with zero attached hydrogens (tertiary/aromatic N) is 2. The average molecular weight is 206 g/mol. The van der Waals surface area contributed by atoms with E-state index in [2.05, 4.69) is 5.29 Å². The molecule has 15 heavy (non-hydrogen) atoms. The lowest BCUT2D eigenvalue weighted by Gasteiger charge is -2.12. The van der Waals surface area contributed by atoms with Crippen LogP contribution in [-0.4, -0.2) is 17.5 Å². The zero-order valence-corrected chi connectivity index (χ0v) is 8.72. The van der Waals surface area contributed by atoms with Gasteiger partial charge in [0, 0.05) is 12.1 Å². The van der Waals surface area contributed by atoms with E-state index >= 15 is 0 Å². The molecule has 1 aromatic rings. The molecule has 0 aliphatic carbocycles. The Balaban J connectivity index is 2.69. The van der Waals surface area contributed by atoms with Crippen molar-refractivity contribution in [3.63, 3.8) is 0 Å². The minimum absolute atomic E-state index is 0.334. The molecule has 0 aliphatic rings. The average Bonchev–Trinajstić information content (AvgIpc) is 2.31. The first-order valence-corrected chi connectivity index (χ1v) is 4.99. The molecule has 4 heteroatoms. The van der Waals surface area contributed by atoms with E-state index in [1.165, 1.54) is 0 Å². The van der Waals surface area contributed by atoms with Crippen LogP contribution in [0.15, 0.2) is 35.6 Å². The van der Waals surface area contributed by atoms with Crippen LogP contribution in [-0.2, 0) is 0 Å². The maximum absolute atomic E-state index is 11.7. The Morgan fingerprint density at radius 1 is 1.33 bits per heavy atom. The topological polar surface area (TPSA) is 49.7 Å². The Morgan fingerprint density at radius 2 is 2.00 bits per heavy atom. The molecule has 0 saturated carbocycles. The van der Waals surface area contributed by atoms with Crippen LogP contribution in [0, 0.1) is 4.91 Å². The zero-order valence-electron chi connectivity index (χ0n) is 8.72. The highest BCUT2D eigenvalue weighted by Crippen LogP contribution is 2.06. The summed E-state index contributed by atoms with van der Waals surface area (Å²) in [6.45, 7) is 2.38. The van der Waals surface area contributed by atoms with E-state index in [-0.39, 0.29) is 5.91 Å². The Morgan fingerprint density at radius 3 is 2.53 bits per heavy atom. The van der Waals surface area contributed by atoms with Gasteiger partial charge in [-0.05, 0) is 18.6 Å². The molecule has 0 bridgehead atoms. The lowest BCUT2D eigenvalue weighted by molar-refractivity contribution is 0.0755. The van der Waals surface area contributed by atoms with Crippen molar-refractivity contribution < 1.29 is 4.79 Å². The molecule has 80 valence electrons. The molecule has 0 saturated heterocycles. The van der Waals surface area contributed by atoms with Crippen molar-refractivity contribution in [2.45, 2.75) is 19.8 Å². The standard InChI is InChI=1S/C11H14N2O2/c1-2-3-9-13(12-15)11(14)10-7-5-4-6-8-10/h4-8H,2-3,9H2,1H3. The normalized spacial score (nSPS) is 9.67. The summed E-state index contributed by atoms with van der Waals surface area (Å²) in [5.41, 5.74) is 0.494. The Labute approximate surface area is 88.8 Å². The number of carbonyl (C=O) groups excluding carboxylic acids is 1. The largest absolute Gasteiger partial charge is 0.276 e. The van der Waals surface area contributed by atoms with Gasteiger partial charge in [0.1, 0.15) is 0 Å². The van der Waals surface area contributed by atoms with Crippen LogP contribution in [0.1, 0.15) is 30.1 Å². The number of unbranched alkanes of at least 4 members (excludes halogenated alkanes) is 1. The van der Waals surface area contributed by atoms with E-state index in [9.17, 15) is 9.70 Å². The number of nitroso groups, excluding NO2 is 1. The van der Waals surface area contributed by atoms with Gasteiger partial charge in [-0.15, -0.1) is 4.91 Å². The molecule has 0 aliphatic heterocycles. The van der Waals surface area contributed by atoms with Crippen LogP contribution in [0.25, 0.3) is 0 Å². The van der Waals surface area contributed by atoms with Crippen LogP contribution in [0.5, 0.6) is 0 Å². The minimum Gasteiger partial charge on any atom is -0.267 e. The Kier molecular flexibility index (Phi) is 4.47. The van der Waals surface area contributed by atoms with E-state index in [0.717, 1.165) is 17.9 Å². The maximum Gasteiger partial charge on any atom is 0.276 e. The predicted molar refractivity (Wildman–Crippen MR) is 58.2 cm³/mol. The van der Waals surface area contributed by atoms with Gasteiger partial charge in [0.15, 0.2) is 0 Å². The molecule has 0 aromatic heterocycles. The van der Waals surface area contributed by atoms with Crippen LogP contribution >= 0.6 is 0 Å². The zero-order chi connectivity index (χ0) is 11.1. The van der Waals surface area contributed by atoms with Crippen molar-refractivity contribution >= 4 is 5.91 Å². The van der Waals surface area contributed by atoms with Gasteiger partial charge < -0.3 is 0 Å². The summed E-state index contributed by atoms with van der Waals surface area (Å²) in [4.78, 5) is 22.2. The second kappa shape index (κ2) is 5.90. The summed E-state index contributed by atoms with van der Waals surface area (Å²) in [5, 5.41) is 3.71. The third-order valence-electron chi connectivity index (χ3n) is 2.08. The Hall–Kier alpha value is -1.71. The first kappa shape index (κ1) is 11.4. The van der Waals surface area contributed by atoms with Gasteiger partial charge in [-0.2, -0.15) is 5.01 Å². The summed E-state index contributed by atoms with van der Waals surface area (Å²) in [6, 6.07) is 8.69. The monoisotopic (exact) mass is 206 g/mol. The lowest BCUT2D eigenvalue weighted by Crippen LogP contribution is -2.26. The second-order valence-corrected chi connectivity index (χ2v) is 3.23. The molecule has 0 heterocycles. The lowest BCUT2D eigenvalue weighted by atomic mass is 10.2. The number of benzene rings is 1. The van der Waals surface area contributed by atoms with Crippen molar-refractivity contribution in [3.05, 3.63) is 40.8 Å². The molecule has 0 atom stereocenters. The molecule has 0 radical (unpaired) electrons. The van der Waals surface area contributed by atoms with Crippen LogP contribution in [0.3, 0.4) is 0 Å². The molecular formula is C11H14N2O2. The summed E-state index contributed by atoms with van der Waals surface area (Å²) in [6.07, 6.45) is 1.71. The summed E-state index contributed by atoms with van der Waals surface area (Å²) >= 11 is 0. The fourth-order valence-corrected chi connectivity index (χ4v) is 1.22. The SMILES string of the molecule is CCCCN(N=O)C(=O)c1ccccc1. The van der Waals surface area contributed by atoms with Crippen molar-refractivity contribution in [1.82, 2.24) is 5.01 Å². The molecule has 4 nitrogen and oxygen atoms in total. The fourth-order valence-electron chi connectivity index (χ4n) is 1.22. The van der Waals surface area contributed by atoms with Crippen LogP contribution in [0.4, 0.5) is 0 Å². The molecule has 1 aromatic carbocycles. The van der Waals surface area contributed by atoms with E-state index in [1.807, 2.05) is 13.0 Å². The summed E-state index contributed by atoms with van der Waals surface area (Å²) in [5.74, 6) is -0.334. The third kappa shape index (κ3) is 3.16. The molecule has 0 unspecified atom stereocenters. The summed E-state index contributed by atoms with van der Waals surface area (Å²) < 4.78 is 0. The number of amides is 1. The number of hydrogen-bond donors (Lipinski definition) is 0. The minimum atomic E-state index is -0.334. The van der Waals surface area contributed by atoms with Gasteiger partial charge >= 0.3 is 0 Å². The van der Waals surface area contributed by atoms with E-state index in [1.54, 1.807) is 24.3 Å². The molecule has 0 fully saturated rings. The molecule has 0 N–H and O–H groups in total. The predicted octanol–water partition coefficient (Wildman–Crippen LogP) is 2.61. The third-order valence-corrected chi connectivity index (χ3v) is 2.08. The maximum atomic E-state index is 11.7. The second-order valence-electron chi connectivity index (χ2n) is 3.23. The smallest absolute Gasteiger partial charge is 0.267 e. The molecule has 1 rings (SSSR count). The van der Waals surface area contributed by atoms with Crippen LogP contribution in [0.2, 0.25) is 0 Å². The highest BCUT2D eigenvalue weighted by Gasteiger charge is 2.14. The molecule has 0 spiro atoms. The van der Waals surface area contributed by atoms with Crippen LogP contribution < -0.4 is 0 Å². The first-order chi connectivity index (χ1) is 7.29. The van der Waals surface area contributed by atoms with Gasteiger partial charge in [-0.25, -0.2) is 0 Å². The van der Waals surface area contributed by atoms with E-state index in [0.29, 0.717) is 12.1 Å². The highest BCUT2D eigenvalue weighted by molar-refractivity contribution is 5.93. The number of carbonyl (C=O) groups is 1. The quantitative estimate of drug-likeness (QED) is 0.549. The summed E-state index contributed by atoms with van der Waals surface area (Å²) in [7, 11) is 0. The van der Waals surface area contributed by atoms with Gasteiger partial charge in [-0.1, -0.05) is 31.5 Å². The highest BCUT2D eigenvalue weighted by atomic mass is 16.3. The van der Waals surface area contributed by atoms with Gasteiger partial charge in [0.05, 0.1) is 5.29 Å². The first-order valence-electron chi connectivity index (χ1n) is 4.99. The van der Waals surface area contributed by atoms with Crippen molar-refractivity contribution in [1.29, 1.82) is 0 Å². The van der Waals surface area contributed by atoms with Crippen molar-refractivity contribution in [2.24, 2.45) is 5.29 Å². The van der Waals surface area contributed by atoms with Crippen molar-refractivity contribution in [3.8, 4) is 0 Å². The molecular weight excluding hydrogens is 192 g/mol. The fraction of sp³-hybridized carbons (Fsp3) is 0.364. The van der Waals surface area contributed by atoms with Crippen molar-refractivity contribution in [2.75, 3.05) is 6.54 Å². The number of rotatable bonds is 5. The molecule has 1 amide bonds. The van der Waals surface area contributed by atoms with Gasteiger partial charge in [0.2, 0.25) is 0 Å². The van der Waals surface area contributed by atoms with Gasteiger partial charge in [-0.3, -0.25) is 4.79 Å². The number of hydrogen-bond acceptors (Lipinski definition) is 3. The van der Waals surface area contributed by atoms with Gasteiger partial charge in [0.25, 0.3) is 5.91 Å². The van der Waals surface area contributed by atoms with E-state index in [4.69, 9.17) is 0 Å². The Bertz CT molecular complexity index is 325. The van der Waals surface area contributed by atoms with E-state index < -0.39 is 0 Å².